The fourth-order valence-corrected chi connectivity index (χ4v) is 5.35. The molecule has 0 atom stereocenters. The molecule has 5 nitrogen and oxygen atoms in total. The van der Waals surface area contributed by atoms with Gasteiger partial charge in [-0.25, -0.2) is 4.98 Å². The van der Waals surface area contributed by atoms with Gasteiger partial charge in [0.2, 0.25) is 5.91 Å². The fourth-order valence-electron chi connectivity index (χ4n) is 3.44. The van der Waals surface area contributed by atoms with Crippen LogP contribution in [0.4, 0.5) is 11.4 Å². The van der Waals surface area contributed by atoms with Crippen LogP contribution in [-0.2, 0) is 4.79 Å². The van der Waals surface area contributed by atoms with Gasteiger partial charge in [-0.15, -0.1) is 11.3 Å². The first kappa shape index (κ1) is 22.0. The van der Waals surface area contributed by atoms with Crippen molar-refractivity contribution in [2.45, 2.75) is 25.1 Å². The zero-order chi connectivity index (χ0) is 22.7. The van der Waals surface area contributed by atoms with Crippen LogP contribution in [0.25, 0.3) is 10.2 Å². The number of carbonyl (C=O) groups excluding carboxylic acids is 2. The molecule has 0 spiro atoms. The zero-order valence-electron chi connectivity index (χ0n) is 18.1. The maximum Gasteiger partial charge on any atom is 0.255 e. The Kier molecular flexibility index (Phi) is 6.58. The van der Waals surface area contributed by atoms with Crippen LogP contribution in [0, 0.1) is 20.8 Å². The van der Waals surface area contributed by atoms with Gasteiger partial charge in [-0.2, -0.15) is 0 Å². The van der Waals surface area contributed by atoms with E-state index in [9.17, 15) is 9.59 Å². The minimum absolute atomic E-state index is 0.0644. The van der Waals surface area contributed by atoms with Crippen LogP contribution >= 0.6 is 23.1 Å². The molecule has 4 aromatic rings. The average Bonchev–Trinajstić information content (AvgIpc) is 3.14. The van der Waals surface area contributed by atoms with Gasteiger partial charge in [0.15, 0.2) is 4.34 Å². The van der Waals surface area contributed by atoms with Crippen LogP contribution in [0.2, 0.25) is 0 Å². The Morgan fingerprint density at radius 1 is 0.906 bits per heavy atom. The molecule has 0 aliphatic heterocycles. The lowest BCUT2D eigenvalue weighted by Gasteiger charge is -2.07. The van der Waals surface area contributed by atoms with Gasteiger partial charge in [-0.3, -0.25) is 9.59 Å². The minimum Gasteiger partial charge on any atom is -0.325 e. The summed E-state index contributed by atoms with van der Waals surface area (Å²) >= 11 is 2.92. The van der Waals surface area contributed by atoms with Crippen molar-refractivity contribution in [2.75, 3.05) is 16.4 Å². The van der Waals surface area contributed by atoms with Gasteiger partial charge in [0.05, 0.1) is 16.0 Å². The highest BCUT2D eigenvalue weighted by Crippen LogP contribution is 2.31. The predicted molar refractivity (Wildman–Crippen MR) is 134 cm³/mol. The number of anilines is 2. The fraction of sp³-hybridized carbons (Fsp3) is 0.160. The summed E-state index contributed by atoms with van der Waals surface area (Å²) < 4.78 is 1.78. The molecule has 7 heteroatoms. The smallest absolute Gasteiger partial charge is 0.255 e. The molecule has 0 unspecified atom stereocenters. The molecular weight excluding hydrogens is 438 g/mol. The van der Waals surface area contributed by atoms with Crippen molar-refractivity contribution in [1.29, 1.82) is 0 Å². The zero-order valence-corrected chi connectivity index (χ0v) is 19.7. The van der Waals surface area contributed by atoms with Crippen molar-refractivity contribution >= 4 is 56.5 Å². The molecule has 1 heterocycles. The summed E-state index contributed by atoms with van der Waals surface area (Å²) in [6.45, 7) is 5.94. The predicted octanol–water partition coefficient (Wildman–Crippen LogP) is 6.20. The molecule has 3 aromatic carbocycles. The highest BCUT2D eigenvalue weighted by molar-refractivity contribution is 8.01. The molecule has 0 saturated heterocycles. The standard InChI is InChI=1S/C25H23N3O2S2/c1-15-10-16(2)12-19(11-15)26-23(29)14-31-25-28-21-9-8-18(13-22(21)32-25)27-24(30)20-7-5-4-6-17(20)3/h4-13H,14H2,1-3H3,(H,26,29)(H,27,30). The van der Waals surface area contributed by atoms with Crippen molar-refractivity contribution in [1.82, 2.24) is 4.98 Å². The summed E-state index contributed by atoms with van der Waals surface area (Å²) in [7, 11) is 0. The Hall–Kier alpha value is -3.16. The van der Waals surface area contributed by atoms with E-state index in [1.165, 1.54) is 23.1 Å². The largest absolute Gasteiger partial charge is 0.325 e. The molecule has 4 rings (SSSR count). The lowest BCUT2D eigenvalue weighted by atomic mass is 10.1. The maximum absolute atomic E-state index is 12.6. The summed E-state index contributed by atoms with van der Waals surface area (Å²) in [5, 5.41) is 5.90. The quantitative estimate of drug-likeness (QED) is 0.335. The second kappa shape index (κ2) is 9.54. The normalized spacial score (nSPS) is 10.8. The molecular formula is C25H23N3O2S2. The molecule has 162 valence electrons. The van der Waals surface area contributed by atoms with Crippen molar-refractivity contribution in [2.24, 2.45) is 0 Å². The third-order valence-corrected chi connectivity index (χ3v) is 7.01. The van der Waals surface area contributed by atoms with Gasteiger partial charge >= 0.3 is 0 Å². The summed E-state index contributed by atoms with van der Waals surface area (Å²) in [6.07, 6.45) is 0. The first-order valence-corrected chi connectivity index (χ1v) is 12.0. The van der Waals surface area contributed by atoms with Gasteiger partial charge in [-0.1, -0.05) is 36.0 Å². The second-order valence-electron chi connectivity index (χ2n) is 7.64. The number of hydrogen-bond acceptors (Lipinski definition) is 5. The number of aryl methyl sites for hydroxylation is 3. The minimum atomic E-state index is -0.135. The van der Waals surface area contributed by atoms with Gasteiger partial charge in [0.25, 0.3) is 5.91 Å². The first-order chi connectivity index (χ1) is 15.4. The van der Waals surface area contributed by atoms with Gasteiger partial charge < -0.3 is 10.6 Å². The number of nitrogens with zero attached hydrogens (tertiary/aromatic N) is 1. The van der Waals surface area contributed by atoms with Crippen LogP contribution in [0.3, 0.4) is 0 Å². The Bertz CT molecular complexity index is 1290. The molecule has 0 aliphatic carbocycles. The highest BCUT2D eigenvalue weighted by Gasteiger charge is 2.12. The summed E-state index contributed by atoms with van der Waals surface area (Å²) in [4.78, 5) is 29.5. The van der Waals surface area contributed by atoms with Crippen LogP contribution in [0.1, 0.15) is 27.0 Å². The van der Waals surface area contributed by atoms with Crippen molar-refractivity contribution in [3.63, 3.8) is 0 Å². The topological polar surface area (TPSA) is 71.1 Å². The third-order valence-electron chi connectivity index (χ3n) is 4.85. The number of hydrogen-bond donors (Lipinski definition) is 2. The van der Waals surface area contributed by atoms with Crippen LogP contribution < -0.4 is 10.6 Å². The average molecular weight is 462 g/mol. The molecule has 0 bridgehead atoms. The molecule has 0 saturated carbocycles. The Balaban J connectivity index is 1.40. The van der Waals surface area contributed by atoms with Crippen LogP contribution in [-0.4, -0.2) is 22.6 Å². The Labute approximate surface area is 195 Å². The van der Waals surface area contributed by atoms with Crippen molar-refractivity contribution < 1.29 is 9.59 Å². The molecule has 32 heavy (non-hydrogen) atoms. The van der Waals surface area contributed by atoms with E-state index >= 15 is 0 Å². The Morgan fingerprint density at radius 3 is 2.41 bits per heavy atom. The number of rotatable bonds is 6. The number of amides is 2. The van der Waals surface area contributed by atoms with E-state index in [1.54, 1.807) is 0 Å². The van der Waals surface area contributed by atoms with Gasteiger partial charge in [0.1, 0.15) is 0 Å². The Morgan fingerprint density at radius 2 is 1.66 bits per heavy atom. The van der Waals surface area contributed by atoms with Crippen LogP contribution in [0.15, 0.2) is 65.0 Å². The number of nitrogens with one attached hydrogen (secondary N) is 2. The van der Waals surface area contributed by atoms with Crippen molar-refractivity contribution in [3.05, 3.63) is 82.9 Å². The number of thiazole rings is 1. The lowest BCUT2D eigenvalue weighted by Crippen LogP contribution is -2.14. The number of benzene rings is 3. The lowest BCUT2D eigenvalue weighted by molar-refractivity contribution is -0.113. The monoisotopic (exact) mass is 461 g/mol. The van der Waals surface area contributed by atoms with E-state index < -0.39 is 0 Å². The first-order valence-electron chi connectivity index (χ1n) is 10.2. The van der Waals surface area contributed by atoms with E-state index in [-0.39, 0.29) is 17.6 Å². The molecule has 2 N–H and O–H groups in total. The summed E-state index contributed by atoms with van der Waals surface area (Å²) in [5.74, 6) is 0.0824. The van der Waals surface area contributed by atoms with E-state index in [2.05, 4.69) is 21.7 Å². The van der Waals surface area contributed by atoms with E-state index in [1.807, 2.05) is 75.4 Å². The maximum atomic E-state index is 12.6. The van der Waals surface area contributed by atoms with Gasteiger partial charge in [0, 0.05) is 16.9 Å². The molecule has 2 amide bonds. The number of carbonyl (C=O) groups is 2. The molecule has 1 aromatic heterocycles. The second-order valence-corrected chi connectivity index (χ2v) is 9.90. The van der Waals surface area contributed by atoms with E-state index in [0.717, 1.165) is 42.6 Å². The highest BCUT2D eigenvalue weighted by atomic mass is 32.2. The molecule has 0 fully saturated rings. The third kappa shape index (κ3) is 5.36. The number of thioether (sulfide) groups is 1. The SMILES string of the molecule is Cc1cc(C)cc(NC(=O)CSc2nc3ccc(NC(=O)c4ccccc4C)cc3s2)c1. The van der Waals surface area contributed by atoms with Crippen LogP contribution in [0.5, 0.6) is 0 Å². The molecule has 0 aliphatic rings. The summed E-state index contributed by atoms with van der Waals surface area (Å²) in [6, 6.07) is 19.1. The number of aromatic nitrogens is 1. The van der Waals surface area contributed by atoms with E-state index in [0.29, 0.717) is 5.56 Å². The van der Waals surface area contributed by atoms with Gasteiger partial charge in [-0.05, 0) is 73.9 Å². The van der Waals surface area contributed by atoms with Crippen molar-refractivity contribution in [3.8, 4) is 0 Å². The number of fused-ring (bicyclic) bond motifs is 1. The summed E-state index contributed by atoms with van der Waals surface area (Å²) in [5.41, 5.74) is 6.20. The van der Waals surface area contributed by atoms with E-state index in [4.69, 9.17) is 0 Å². The molecule has 0 radical (unpaired) electrons.